The minimum Gasteiger partial charge on any atom is -0.490 e. The lowest BCUT2D eigenvalue weighted by atomic mass is 10.0. The third-order valence-corrected chi connectivity index (χ3v) is 4.75. The molecule has 0 radical (unpaired) electrons. The number of hydrogen-bond donors (Lipinski definition) is 1. The Labute approximate surface area is 187 Å². The Bertz CT molecular complexity index is 1040. The largest absolute Gasteiger partial charge is 0.490 e. The van der Waals surface area contributed by atoms with Crippen LogP contribution < -0.4 is 19.5 Å². The molecule has 1 aromatic heterocycles. The summed E-state index contributed by atoms with van der Waals surface area (Å²) in [7, 11) is 1.82. The second-order valence-electron chi connectivity index (χ2n) is 6.96. The van der Waals surface area contributed by atoms with Crippen molar-refractivity contribution in [2.24, 2.45) is 7.05 Å². The van der Waals surface area contributed by atoms with E-state index >= 15 is 0 Å². The number of amides is 1. The molecule has 0 saturated carbocycles. The second-order valence-corrected chi connectivity index (χ2v) is 6.96. The van der Waals surface area contributed by atoms with Gasteiger partial charge in [0.1, 0.15) is 17.7 Å². The number of carbonyl (C=O) groups excluding carboxylic acids is 1. The number of rotatable bonds is 10. The molecule has 1 amide bonds. The lowest BCUT2D eigenvalue weighted by Gasteiger charge is -2.21. The van der Waals surface area contributed by atoms with Gasteiger partial charge in [0, 0.05) is 25.0 Å². The number of aromatic nitrogens is 2. The molecule has 1 N–H and O–H groups in total. The summed E-state index contributed by atoms with van der Waals surface area (Å²) in [6.45, 7) is 6.79. The van der Waals surface area contributed by atoms with E-state index in [9.17, 15) is 9.18 Å². The van der Waals surface area contributed by atoms with Crippen LogP contribution in [0.15, 0.2) is 48.8 Å². The number of ether oxygens (including phenoxy) is 3. The molecule has 1 atom stereocenters. The van der Waals surface area contributed by atoms with E-state index in [4.69, 9.17) is 14.2 Å². The van der Waals surface area contributed by atoms with Gasteiger partial charge in [-0.25, -0.2) is 9.37 Å². The number of carbonyl (C=O) groups is 1. The van der Waals surface area contributed by atoms with Crippen LogP contribution >= 0.6 is 0 Å². The number of benzene rings is 2. The summed E-state index contributed by atoms with van der Waals surface area (Å²) in [6, 6.07) is 8.67. The third kappa shape index (κ3) is 5.19. The first-order valence-corrected chi connectivity index (χ1v) is 10.6. The predicted octanol–water partition coefficient (Wildman–Crippen LogP) is 4.27. The van der Waals surface area contributed by atoms with Gasteiger partial charge in [-0.1, -0.05) is 12.1 Å². The predicted molar refractivity (Wildman–Crippen MR) is 119 cm³/mol. The number of imidazole rings is 1. The smallest absolute Gasteiger partial charge is 0.252 e. The molecule has 2 aromatic carbocycles. The molecule has 0 bridgehead atoms. The number of hydrogen-bond acceptors (Lipinski definition) is 5. The van der Waals surface area contributed by atoms with Gasteiger partial charge in [-0.05, 0) is 50.6 Å². The van der Waals surface area contributed by atoms with Crippen LogP contribution in [0.25, 0.3) is 0 Å². The van der Waals surface area contributed by atoms with Crippen molar-refractivity contribution in [1.82, 2.24) is 14.9 Å². The average molecular weight is 442 g/mol. The maximum absolute atomic E-state index is 13.9. The van der Waals surface area contributed by atoms with Gasteiger partial charge in [-0.2, -0.15) is 0 Å². The summed E-state index contributed by atoms with van der Waals surface area (Å²) in [5.74, 6) is 1.10. The number of nitrogens with zero attached hydrogens (tertiary/aromatic N) is 2. The first kappa shape index (κ1) is 23.1. The molecule has 0 aliphatic heterocycles. The van der Waals surface area contributed by atoms with Gasteiger partial charge in [0.2, 0.25) is 5.75 Å². The van der Waals surface area contributed by atoms with Crippen molar-refractivity contribution >= 4 is 5.91 Å². The van der Waals surface area contributed by atoms with E-state index < -0.39 is 11.9 Å². The van der Waals surface area contributed by atoms with Crippen LogP contribution in [-0.4, -0.2) is 35.3 Å². The van der Waals surface area contributed by atoms with E-state index in [1.807, 2.05) is 27.8 Å². The van der Waals surface area contributed by atoms with Gasteiger partial charge >= 0.3 is 0 Å². The fraction of sp³-hybridized carbons (Fsp3) is 0.333. The van der Waals surface area contributed by atoms with Crippen molar-refractivity contribution in [3.63, 3.8) is 0 Å². The topological polar surface area (TPSA) is 74.6 Å². The third-order valence-electron chi connectivity index (χ3n) is 4.75. The van der Waals surface area contributed by atoms with E-state index in [0.29, 0.717) is 54.0 Å². The SMILES string of the molecule is CCOc1cc(C(=O)NC(c2cccc(F)c2)c2nccn2C)cc(OCC)c1OCC. The van der Waals surface area contributed by atoms with Crippen molar-refractivity contribution in [3.8, 4) is 17.2 Å². The van der Waals surface area contributed by atoms with Crippen molar-refractivity contribution in [2.75, 3.05) is 19.8 Å². The normalized spacial score (nSPS) is 11.7. The lowest BCUT2D eigenvalue weighted by Crippen LogP contribution is -2.31. The second kappa shape index (κ2) is 10.7. The van der Waals surface area contributed by atoms with E-state index in [-0.39, 0.29) is 5.91 Å². The summed E-state index contributed by atoms with van der Waals surface area (Å²) in [5.41, 5.74) is 0.907. The Kier molecular flexibility index (Phi) is 7.70. The minimum atomic E-state index is -0.657. The van der Waals surface area contributed by atoms with Crippen LogP contribution in [0.1, 0.15) is 48.6 Å². The standard InChI is InChI=1S/C24H28FN3O4/c1-5-30-19-14-17(15-20(31-6-2)22(19)32-7-3)24(29)27-21(23-26-11-12-28(23)4)16-9-8-10-18(25)13-16/h8-15,21H,5-7H2,1-4H3,(H,27,29). The first-order valence-electron chi connectivity index (χ1n) is 10.6. The number of nitrogens with one attached hydrogen (secondary N) is 1. The summed E-state index contributed by atoms with van der Waals surface area (Å²) in [5, 5.41) is 2.97. The molecule has 0 aliphatic rings. The van der Waals surface area contributed by atoms with Crippen LogP contribution in [-0.2, 0) is 7.05 Å². The molecule has 1 unspecified atom stereocenters. The minimum absolute atomic E-state index is 0.330. The lowest BCUT2D eigenvalue weighted by molar-refractivity contribution is 0.0940. The van der Waals surface area contributed by atoms with Gasteiger partial charge in [0.05, 0.1) is 19.8 Å². The average Bonchev–Trinajstić information content (AvgIpc) is 3.19. The molecule has 170 valence electrons. The summed E-state index contributed by atoms with van der Waals surface area (Å²) in [4.78, 5) is 17.7. The zero-order valence-electron chi connectivity index (χ0n) is 18.7. The molecule has 0 spiro atoms. The fourth-order valence-electron chi connectivity index (χ4n) is 3.37. The number of halogens is 1. The molecule has 0 aliphatic carbocycles. The summed E-state index contributed by atoms with van der Waals surface area (Å²) < 4.78 is 32.9. The zero-order valence-corrected chi connectivity index (χ0v) is 18.7. The van der Waals surface area contributed by atoms with Crippen LogP contribution in [0.4, 0.5) is 4.39 Å². The Balaban J connectivity index is 2.01. The molecule has 8 heteroatoms. The van der Waals surface area contributed by atoms with Gasteiger partial charge in [-0.15, -0.1) is 0 Å². The zero-order chi connectivity index (χ0) is 23.1. The van der Waals surface area contributed by atoms with E-state index in [1.54, 1.807) is 41.2 Å². The molecule has 3 rings (SSSR count). The highest BCUT2D eigenvalue weighted by molar-refractivity contribution is 5.96. The molecule has 0 saturated heterocycles. The van der Waals surface area contributed by atoms with Crippen LogP contribution in [0, 0.1) is 5.82 Å². The van der Waals surface area contributed by atoms with Gasteiger partial charge < -0.3 is 24.1 Å². The van der Waals surface area contributed by atoms with Gasteiger partial charge in [-0.3, -0.25) is 4.79 Å². The first-order chi connectivity index (χ1) is 15.5. The Hall–Kier alpha value is -3.55. The summed E-state index contributed by atoms with van der Waals surface area (Å²) in [6.07, 6.45) is 3.40. The van der Waals surface area contributed by atoms with Crippen molar-refractivity contribution in [3.05, 3.63) is 71.6 Å². The highest BCUT2D eigenvalue weighted by Gasteiger charge is 2.24. The molecule has 0 fully saturated rings. The van der Waals surface area contributed by atoms with Crippen LogP contribution in [0.2, 0.25) is 0 Å². The molecular formula is C24H28FN3O4. The van der Waals surface area contributed by atoms with E-state index in [1.165, 1.54) is 12.1 Å². The van der Waals surface area contributed by atoms with Crippen molar-refractivity contribution in [2.45, 2.75) is 26.8 Å². The Morgan fingerprint density at radius 3 is 2.25 bits per heavy atom. The highest BCUT2D eigenvalue weighted by atomic mass is 19.1. The quantitative estimate of drug-likeness (QED) is 0.509. The Morgan fingerprint density at radius 2 is 1.72 bits per heavy atom. The van der Waals surface area contributed by atoms with Crippen molar-refractivity contribution < 1.29 is 23.4 Å². The monoisotopic (exact) mass is 441 g/mol. The number of aryl methyl sites for hydroxylation is 1. The van der Waals surface area contributed by atoms with Crippen molar-refractivity contribution in [1.29, 1.82) is 0 Å². The van der Waals surface area contributed by atoms with E-state index in [0.717, 1.165) is 0 Å². The molecule has 1 heterocycles. The summed E-state index contributed by atoms with van der Waals surface area (Å²) >= 11 is 0. The van der Waals surface area contributed by atoms with E-state index in [2.05, 4.69) is 10.3 Å². The molecule has 32 heavy (non-hydrogen) atoms. The maximum atomic E-state index is 13.9. The van der Waals surface area contributed by atoms with Gasteiger partial charge in [0.25, 0.3) is 5.91 Å². The van der Waals surface area contributed by atoms with Gasteiger partial charge in [0.15, 0.2) is 11.5 Å². The Morgan fingerprint density at radius 1 is 1.06 bits per heavy atom. The molecule has 7 nitrogen and oxygen atoms in total. The maximum Gasteiger partial charge on any atom is 0.252 e. The van der Waals surface area contributed by atoms with Crippen LogP contribution in [0.5, 0.6) is 17.2 Å². The van der Waals surface area contributed by atoms with Crippen LogP contribution in [0.3, 0.4) is 0 Å². The molecular weight excluding hydrogens is 413 g/mol. The highest BCUT2D eigenvalue weighted by Crippen LogP contribution is 2.39. The fourth-order valence-corrected chi connectivity index (χ4v) is 3.37. The molecule has 3 aromatic rings.